The minimum Gasteiger partial charge on any atom is -0.465 e. The van der Waals surface area contributed by atoms with E-state index in [0.29, 0.717) is 31.4 Å². The Labute approximate surface area is 207 Å². The lowest BCUT2D eigenvalue weighted by molar-refractivity contribution is -0.142. The second-order valence-corrected chi connectivity index (χ2v) is 11.1. The van der Waals surface area contributed by atoms with Gasteiger partial charge in [-0.25, -0.2) is 0 Å². The van der Waals surface area contributed by atoms with Gasteiger partial charge in [0.1, 0.15) is 12.6 Å². The molecule has 0 saturated heterocycles. The van der Waals surface area contributed by atoms with Gasteiger partial charge in [0.25, 0.3) is 0 Å². The summed E-state index contributed by atoms with van der Waals surface area (Å²) in [4.78, 5) is 41.0. The molecular formula is C25H37N2O7P. The van der Waals surface area contributed by atoms with E-state index in [-0.39, 0.29) is 44.3 Å². The number of nitrogens with zero attached hydrogens (tertiary/aromatic N) is 1. The van der Waals surface area contributed by atoms with Gasteiger partial charge in [-0.05, 0) is 58.1 Å². The Morgan fingerprint density at radius 3 is 2.37 bits per heavy atom. The van der Waals surface area contributed by atoms with E-state index < -0.39 is 25.0 Å². The standard InChI is InChI=1S/C25H37N2O7P/c1-4-32-22(28)17-27-21-12-8-7-11-19(21)13-14-20(23(27)29)26-24(30)25(15-9-10-16-25)18-35(31,33-5-2)34-6-3/h7-8,11-12,20H,4-6,9-10,13-18H2,1-3H3,(H,26,30)/t20-/m0/s1. The van der Waals surface area contributed by atoms with Crippen molar-refractivity contribution in [3.05, 3.63) is 29.8 Å². The Hall–Kier alpha value is -2.22. The van der Waals surface area contributed by atoms with Gasteiger partial charge in [-0.15, -0.1) is 0 Å². The van der Waals surface area contributed by atoms with E-state index in [9.17, 15) is 18.9 Å². The van der Waals surface area contributed by atoms with Gasteiger partial charge >= 0.3 is 13.6 Å². The number of amides is 2. The summed E-state index contributed by atoms with van der Waals surface area (Å²) >= 11 is 0. The molecule has 3 rings (SSSR count). The normalized spacial score (nSPS) is 19.7. The molecule has 0 spiro atoms. The molecule has 1 aliphatic heterocycles. The van der Waals surface area contributed by atoms with Crippen LogP contribution in [0.4, 0.5) is 5.69 Å². The first-order valence-electron chi connectivity index (χ1n) is 12.5. The third kappa shape index (κ3) is 6.51. The quantitative estimate of drug-likeness (QED) is 0.357. The Morgan fingerprint density at radius 2 is 1.74 bits per heavy atom. The third-order valence-corrected chi connectivity index (χ3v) is 8.93. The van der Waals surface area contributed by atoms with Crippen molar-refractivity contribution in [3.8, 4) is 0 Å². The number of ether oxygens (including phenoxy) is 1. The van der Waals surface area contributed by atoms with Gasteiger partial charge < -0.3 is 19.1 Å². The Morgan fingerprint density at radius 1 is 1.09 bits per heavy atom. The van der Waals surface area contributed by atoms with Crippen LogP contribution in [0.15, 0.2) is 24.3 Å². The van der Waals surface area contributed by atoms with Gasteiger partial charge in [-0.3, -0.25) is 23.8 Å². The number of nitrogens with one attached hydrogen (secondary N) is 1. The molecule has 1 fully saturated rings. The number of benzene rings is 1. The van der Waals surface area contributed by atoms with E-state index in [1.807, 2.05) is 18.2 Å². The van der Waals surface area contributed by atoms with Crippen molar-refractivity contribution in [2.75, 3.05) is 37.4 Å². The molecule has 2 amide bonds. The van der Waals surface area contributed by atoms with Crippen LogP contribution in [0.5, 0.6) is 0 Å². The molecule has 1 aliphatic carbocycles. The first kappa shape index (κ1) is 27.4. The molecular weight excluding hydrogens is 471 g/mol. The van der Waals surface area contributed by atoms with Gasteiger partial charge in [-0.2, -0.15) is 0 Å². The molecule has 1 atom stereocenters. The van der Waals surface area contributed by atoms with E-state index in [0.717, 1.165) is 18.4 Å². The summed E-state index contributed by atoms with van der Waals surface area (Å²) in [7, 11) is -3.47. The molecule has 1 N–H and O–H groups in total. The molecule has 194 valence electrons. The summed E-state index contributed by atoms with van der Waals surface area (Å²) < 4.78 is 29.4. The number of carbonyl (C=O) groups is 3. The van der Waals surface area contributed by atoms with Crippen LogP contribution in [0.3, 0.4) is 0 Å². The van der Waals surface area contributed by atoms with E-state index in [1.54, 1.807) is 26.8 Å². The number of fused-ring (bicyclic) bond motifs is 1. The van der Waals surface area contributed by atoms with Crippen LogP contribution in [0.1, 0.15) is 58.4 Å². The number of rotatable bonds is 11. The molecule has 10 heteroatoms. The first-order chi connectivity index (χ1) is 16.8. The van der Waals surface area contributed by atoms with Gasteiger partial charge in [0.2, 0.25) is 11.8 Å². The number of esters is 1. The van der Waals surface area contributed by atoms with Crippen LogP contribution < -0.4 is 10.2 Å². The van der Waals surface area contributed by atoms with Crippen LogP contribution >= 0.6 is 7.60 Å². The van der Waals surface area contributed by atoms with E-state index in [4.69, 9.17) is 13.8 Å². The highest BCUT2D eigenvalue weighted by Crippen LogP contribution is 2.56. The first-order valence-corrected chi connectivity index (χ1v) is 14.2. The molecule has 9 nitrogen and oxygen atoms in total. The minimum absolute atomic E-state index is 0.0127. The molecule has 0 bridgehead atoms. The van der Waals surface area contributed by atoms with Gasteiger partial charge in [0.05, 0.1) is 31.4 Å². The zero-order valence-electron chi connectivity index (χ0n) is 20.9. The molecule has 0 unspecified atom stereocenters. The highest BCUT2D eigenvalue weighted by Gasteiger charge is 2.48. The van der Waals surface area contributed by atoms with Crippen molar-refractivity contribution >= 4 is 31.1 Å². The van der Waals surface area contributed by atoms with Gasteiger partial charge in [-0.1, -0.05) is 31.0 Å². The maximum atomic E-state index is 13.7. The highest BCUT2D eigenvalue weighted by molar-refractivity contribution is 7.53. The average Bonchev–Trinajstić information content (AvgIpc) is 3.25. The number of anilines is 1. The zero-order valence-corrected chi connectivity index (χ0v) is 21.8. The van der Waals surface area contributed by atoms with Crippen LogP contribution in [-0.2, 0) is 39.2 Å². The zero-order chi connectivity index (χ0) is 25.5. The number of aryl methyl sites for hydroxylation is 1. The predicted octanol–water partition coefficient (Wildman–Crippen LogP) is 3.84. The molecule has 35 heavy (non-hydrogen) atoms. The highest BCUT2D eigenvalue weighted by atomic mass is 31.2. The molecule has 0 radical (unpaired) electrons. The molecule has 2 aliphatic rings. The molecule has 0 aromatic heterocycles. The van der Waals surface area contributed by atoms with Crippen molar-refractivity contribution < 1.29 is 32.7 Å². The monoisotopic (exact) mass is 508 g/mol. The second-order valence-electron chi connectivity index (χ2n) is 9.01. The number of carbonyl (C=O) groups excluding carboxylic acids is 3. The van der Waals surface area contributed by atoms with Crippen molar-refractivity contribution in [2.45, 2.75) is 65.3 Å². The third-order valence-electron chi connectivity index (χ3n) is 6.64. The summed E-state index contributed by atoms with van der Waals surface area (Å²) in [5.41, 5.74) is 0.649. The second kappa shape index (κ2) is 12.2. The van der Waals surface area contributed by atoms with Crippen molar-refractivity contribution in [1.29, 1.82) is 0 Å². The average molecular weight is 509 g/mol. The SMILES string of the molecule is CCOC(=O)CN1C(=O)[C@@H](NC(=O)C2(CP(=O)(OCC)OCC)CCCC2)CCc2ccccc21. The largest absolute Gasteiger partial charge is 0.465 e. The van der Waals surface area contributed by atoms with E-state index in [2.05, 4.69) is 5.32 Å². The van der Waals surface area contributed by atoms with Crippen molar-refractivity contribution in [1.82, 2.24) is 5.32 Å². The van der Waals surface area contributed by atoms with Crippen LogP contribution in [0, 0.1) is 5.41 Å². The summed E-state index contributed by atoms with van der Waals surface area (Å²) in [6, 6.07) is 6.60. The van der Waals surface area contributed by atoms with Crippen LogP contribution in [-0.4, -0.2) is 56.4 Å². The van der Waals surface area contributed by atoms with Crippen molar-refractivity contribution in [3.63, 3.8) is 0 Å². The lowest BCUT2D eigenvalue weighted by atomic mass is 9.87. The number of para-hydroxylation sites is 1. The molecule has 1 heterocycles. The molecule has 1 aromatic carbocycles. The molecule has 1 saturated carbocycles. The number of hydrogen-bond donors (Lipinski definition) is 1. The van der Waals surface area contributed by atoms with Gasteiger partial charge in [0.15, 0.2) is 0 Å². The summed E-state index contributed by atoms with van der Waals surface area (Å²) in [6.07, 6.45) is 3.70. The Balaban J connectivity index is 1.84. The molecule has 1 aromatic rings. The fourth-order valence-corrected chi connectivity index (χ4v) is 7.31. The smallest absolute Gasteiger partial charge is 0.331 e. The van der Waals surface area contributed by atoms with Crippen LogP contribution in [0.25, 0.3) is 0 Å². The lowest BCUT2D eigenvalue weighted by Gasteiger charge is -2.33. The van der Waals surface area contributed by atoms with Crippen LogP contribution in [0.2, 0.25) is 0 Å². The van der Waals surface area contributed by atoms with E-state index >= 15 is 0 Å². The summed E-state index contributed by atoms with van der Waals surface area (Å²) in [6.45, 7) is 5.62. The fraction of sp³-hybridized carbons (Fsp3) is 0.640. The number of hydrogen-bond acceptors (Lipinski definition) is 7. The Kier molecular flexibility index (Phi) is 9.50. The lowest BCUT2D eigenvalue weighted by Crippen LogP contribution is -2.53. The maximum Gasteiger partial charge on any atom is 0.331 e. The Bertz CT molecular complexity index is 951. The summed E-state index contributed by atoms with van der Waals surface area (Å²) in [5.74, 6) is -1.18. The van der Waals surface area contributed by atoms with Crippen molar-refractivity contribution in [2.24, 2.45) is 5.41 Å². The summed E-state index contributed by atoms with van der Waals surface area (Å²) in [5, 5.41) is 2.95. The predicted molar refractivity (Wildman–Crippen MR) is 132 cm³/mol. The minimum atomic E-state index is -3.47. The topological polar surface area (TPSA) is 111 Å². The van der Waals surface area contributed by atoms with E-state index in [1.165, 1.54) is 4.90 Å². The fourth-order valence-electron chi connectivity index (χ4n) is 5.06. The maximum absolute atomic E-state index is 13.7. The van der Waals surface area contributed by atoms with Gasteiger partial charge in [0, 0.05) is 5.69 Å².